The molecule has 0 aliphatic carbocycles. The van der Waals surface area contributed by atoms with Crippen LogP contribution in [0.15, 0.2) is 24.3 Å². The summed E-state index contributed by atoms with van der Waals surface area (Å²) in [4.78, 5) is 50.3. The van der Waals surface area contributed by atoms with Gasteiger partial charge in [0.1, 0.15) is 11.4 Å². The van der Waals surface area contributed by atoms with Crippen LogP contribution in [0.2, 0.25) is 0 Å². The average Bonchev–Trinajstić information content (AvgIpc) is 2.94. The molecule has 8 nitrogen and oxygen atoms in total. The molecule has 2 amide bonds. The van der Waals surface area contributed by atoms with Crippen molar-refractivity contribution in [1.82, 2.24) is 10.3 Å². The van der Waals surface area contributed by atoms with Crippen molar-refractivity contribution in [2.24, 2.45) is 0 Å². The van der Waals surface area contributed by atoms with Crippen LogP contribution in [-0.2, 0) is 9.53 Å². The third-order valence-electron chi connectivity index (χ3n) is 3.92. The second kappa shape index (κ2) is 9.09. The summed E-state index contributed by atoms with van der Waals surface area (Å²) in [7, 11) is 0. The molecule has 0 aliphatic heterocycles. The van der Waals surface area contributed by atoms with E-state index in [1.165, 1.54) is 19.1 Å². The van der Waals surface area contributed by atoms with E-state index in [0.29, 0.717) is 16.8 Å². The highest BCUT2D eigenvalue weighted by Gasteiger charge is 2.22. The summed E-state index contributed by atoms with van der Waals surface area (Å²) < 4.78 is 33.2. The average molecular weight is 408 g/mol. The van der Waals surface area contributed by atoms with Gasteiger partial charge in [0.15, 0.2) is 12.4 Å². The summed E-state index contributed by atoms with van der Waals surface area (Å²) in [5, 5.41) is 2.00. The Morgan fingerprint density at radius 2 is 1.72 bits per heavy atom. The molecule has 0 spiro atoms. The van der Waals surface area contributed by atoms with Gasteiger partial charge in [0.25, 0.3) is 11.8 Å². The van der Waals surface area contributed by atoms with Gasteiger partial charge in [0.2, 0.25) is 0 Å². The Bertz CT molecular complexity index is 950. The largest absolute Gasteiger partial charge is 0.451 e. The molecule has 1 aromatic carbocycles. The first kappa shape index (κ1) is 21.7. The second-order valence-corrected chi connectivity index (χ2v) is 6.04. The van der Waals surface area contributed by atoms with Crippen molar-refractivity contribution >= 4 is 23.6 Å². The molecular formula is C19H18F2N2O6. The van der Waals surface area contributed by atoms with Crippen molar-refractivity contribution in [3.05, 3.63) is 52.3 Å². The lowest BCUT2D eigenvalue weighted by atomic mass is 10.1. The maximum Gasteiger partial charge on any atom is 0.387 e. The molecule has 29 heavy (non-hydrogen) atoms. The lowest BCUT2D eigenvalue weighted by Crippen LogP contribution is -2.34. The molecule has 0 saturated carbocycles. The maximum atomic E-state index is 12.1. The predicted octanol–water partition coefficient (Wildman–Crippen LogP) is 2.55. The summed E-state index contributed by atoms with van der Waals surface area (Å²) in [6, 6.07) is 4.68. The fourth-order valence-electron chi connectivity index (χ4n) is 2.71. The van der Waals surface area contributed by atoms with E-state index in [9.17, 15) is 28.0 Å². The van der Waals surface area contributed by atoms with Gasteiger partial charge in [0.05, 0.1) is 0 Å². The third-order valence-corrected chi connectivity index (χ3v) is 3.92. The summed E-state index contributed by atoms with van der Waals surface area (Å²) in [5.74, 6) is -2.90. The van der Waals surface area contributed by atoms with Gasteiger partial charge in [0, 0.05) is 16.8 Å². The summed E-state index contributed by atoms with van der Waals surface area (Å²) in [5.41, 5.74) is 1.34. The highest BCUT2D eigenvalue weighted by molar-refractivity contribution is 6.06. The quantitative estimate of drug-likeness (QED) is 0.538. The molecular weight excluding hydrogens is 390 g/mol. The number of Topliss-reactive ketones (excluding diaryl/α,β-unsaturated/α-hetero) is 1. The zero-order chi connectivity index (χ0) is 21.7. The SMILES string of the molecule is CC(=O)c1c(C)[nH]c(C(=O)OCC(=O)NC(=O)c2ccc(OC(F)F)cc2)c1C. The Morgan fingerprint density at radius 3 is 2.24 bits per heavy atom. The molecule has 2 N–H and O–H groups in total. The van der Waals surface area contributed by atoms with Crippen molar-refractivity contribution in [2.75, 3.05) is 6.61 Å². The first-order chi connectivity index (χ1) is 13.6. The third kappa shape index (κ3) is 5.47. The standard InChI is InChI=1S/C19H18F2N2O6/c1-9-15(11(3)24)10(2)22-16(9)18(27)28-8-14(25)23-17(26)12-4-6-13(7-5-12)29-19(20)21/h4-7,19,22H,8H2,1-3H3,(H,23,25,26). The van der Waals surface area contributed by atoms with Gasteiger partial charge in [-0.1, -0.05) is 0 Å². The Labute approximate surface area is 164 Å². The van der Waals surface area contributed by atoms with Crippen LogP contribution in [0.4, 0.5) is 8.78 Å². The van der Waals surface area contributed by atoms with Gasteiger partial charge in [-0.3, -0.25) is 19.7 Å². The predicted molar refractivity (Wildman–Crippen MR) is 96.1 cm³/mol. The fourth-order valence-corrected chi connectivity index (χ4v) is 2.71. The topological polar surface area (TPSA) is 115 Å². The van der Waals surface area contributed by atoms with Crippen LogP contribution in [0, 0.1) is 13.8 Å². The van der Waals surface area contributed by atoms with Crippen LogP contribution in [0.1, 0.15) is 49.4 Å². The summed E-state index contributed by atoms with van der Waals surface area (Å²) >= 11 is 0. The number of nitrogens with one attached hydrogen (secondary N) is 2. The molecule has 0 atom stereocenters. The lowest BCUT2D eigenvalue weighted by Gasteiger charge is -2.07. The van der Waals surface area contributed by atoms with Crippen molar-refractivity contribution in [3.8, 4) is 5.75 Å². The van der Waals surface area contributed by atoms with Gasteiger partial charge < -0.3 is 14.5 Å². The Kier molecular flexibility index (Phi) is 6.81. The number of halogens is 2. The van der Waals surface area contributed by atoms with E-state index in [0.717, 1.165) is 12.1 Å². The first-order valence-electron chi connectivity index (χ1n) is 8.36. The number of rotatable bonds is 7. The van der Waals surface area contributed by atoms with Gasteiger partial charge in [-0.25, -0.2) is 4.79 Å². The van der Waals surface area contributed by atoms with Crippen molar-refractivity contribution in [1.29, 1.82) is 0 Å². The van der Waals surface area contributed by atoms with Gasteiger partial charge in [-0.15, -0.1) is 0 Å². The number of imide groups is 1. The number of carbonyl (C=O) groups excluding carboxylic acids is 4. The van der Waals surface area contributed by atoms with E-state index >= 15 is 0 Å². The highest BCUT2D eigenvalue weighted by atomic mass is 19.3. The highest BCUT2D eigenvalue weighted by Crippen LogP contribution is 2.19. The zero-order valence-electron chi connectivity index (χ0n) is 15.8. The minimum absolute atomic E-state index is 0.0215. The number of amides is 2. The van der Waals surface area contributed by atoms with E-state index in [1.54, 1.807) is 13.8 Å². The van der Waals surface area contributed by atoms with Crippen LogP contribution in [-0.4, -0.2) is 41.8 Å². The number of alkyl halides is 2. The molecule has 1 heterocycles. The number of H-pyrrole nitrogens is 1. The number of aromatic amines is 1. The van der Waals surface area contributed by atoms with Crippen molar-refractivity contribution < 1.29 is 37.4 Å². The molecule has 0 bridgehead atoms. The van der Waals surface area contributed by atoms with Crippen LogP contribution in [0.25, 0.3) is 0 Å². The molecule has 154 valence electrons. The molecule has 10 heteroatoms. The number of hydrogen-bond donors (Lipinski definition) is 2. The molecule has 2 rings (SSSR count). The second-order valence-electron chi connectivity index (χ2n) is 6.04. The zero-order valence-corrected chi connectivity index (χ0v) is 15.8. The Balaban J connectivity index is 1.92. The van der Waals surface area contributed by atoms with Crippen molar-refractivity contribution in [2.45, 2.75) is 27.4 Å². The first-order valence-corrected chi connectivity index (χ1v) is 8.36. The van der Waals surface area contributed by atoms with Gasteiger partial charge in [-0.05, 0) is 50.6 Å². The molecule has 1 aromatic heterocycles. The van der Waals surface area contributed by atoms with E-state index in [-0.39, 0.29) is 22.8 Å². The van der Waals surface area contributed by atoms with Crippen molar-refractivity contribution in [3.63, 3.8) is 0 Å². The van der Waals surface area contributed by atoms with Gasteiger partial charge >= 0.3 is 12.6 Å². The Hall–Kier alpha value is -3.56. The van der Waals surface area contributed by atoms with E-state index < -0.39 is 31.0 Å². The number of aromatic nitrogens is 1. The number of ether oxygens (including phenoxy) is 2. The maximum absolute atomic E-state index is 12.1. The number of esters is 1. The number of carbonyl (C=O) groups is 4. The van der Waals surface area contributed by atoms with E-state index in [2.05, 4.69) is 9.72 Å². The summed E-state index contributed by atoms with van der Waals surface area (Å²) in [6.45, 7) is 0.836. The molecule has 0 fully saturated rings. The minimum Gasteiger partial charge on any atom is -0.451 e. The van der Waals surface area contributed by atoms with Gasteiger partial charge in [-0.2, -0.15) is 8.78 Å². The summed E-state index contributed by atoms with van der Waals surface area (Å²) in [6.07, 6.45) is 0. The normalized spacial score (nSPS) is 10.6. The lowest BCUT2D eigenvalue weighted by molar-refractivity contribution is -0.123. The fraction of sp³-hybridized carbons (Fsp3) is 0.263. The smallest absolute Gasteiger partial charge is 0.387 e. The number of hydrogen-bond acceptors (Lipinski definition) is 6. The number of benzene rings is 1. The van der Waals surface area contributed by atoms with Crippen LogP contribution in [0.5, 0.6) is 5.75 Å². The molecule has 0 unspecified atom stereocenters. The Morgan fingerprint density at radius 1 is 1.10 bits per heavy atom. The molecule has 0 aliphatic rings. The van der Waals surface area contributed by atoms with Crippen LogP contribution in [0.3, 0.4) is 0 Å². The monoisotopic (exact) mass is 408 g/mol. The van der Waals surface area contributed by atoms with E-state index in [1.807, 2.05) is 5.32 Å². The molecule has 2 aromatic rings. The molecule has 0 saturated heterocycles. The number of ketones is 1. The molecule has 0 radical (unpaired) electrons. The van der Waals surface area contributed by atoms with E-state index in [4.69, 9.17) is 4.74 Å². The van der Waals surface area contributed by atoms with Crippen LogP contribution < -0.4 is 10.1 Å². The van der Waals surface area contributed by atoms with Crippen LogP contribution >= 0.6 is 0 Å². The minimum atomic E-state index is -3.00. The number of aryl methyl sites for hydroxylation is 1.